The summed E-state index contributed by atoms with van der Waals surface area (Å²) in [6, 6.07) is 14.9. The molecule has 8 nitrogen and oxygen atoms in total. The maximum absolute atomic E-state index is 13.2. The summed E-state index contributed by atoms with van der Waals surface area (Å²) in [5, 5.41) is 3.03. The summed E-state index contributed by atoms with van der Waals surface area (Å²) >= 11 is 1.34. The third kappa shape index (κ3) is 4.40. The number of pyridine rings is 1. The molecule has 0 unspecified atom stereocenters. The fourth-order valence-electron chi connectivity index (χ4n) is 5.87. The van der Waals surface area contributed by atoms with Crippen LogP contribution in [0.15, 0.2) is 72.2 Å². The van der Waals surface area contributed by atoms with Crippen molar-refractivity contribution in [1.82, 2.24) is 19.4 Å². The van der Waals surface area contributed by atoms with Crippen molar-refractivity contribution in [1.29, 1.82) is 0 Å². The van der Waals surface area contributed by atoms with Crippen LogP contribution in [-0.4, -0.2) is 44.3 Å². The van der Waals surface area contributed by atoms with Crippen molar-refractivity contribution in [3.05, 3.63) is 82.6 Å². The van der Waals surface area contributed by atoms with Crippen LogP contribution in [0.1, 0.15) is 28.9 Å². The highest BCUT2D eigenvalue weighted by Gasteiger charge is 2.49. The zero-order valence-electron chi connectivity index (χ0n) is 20.3. The molecule has 188 valence electrons. The molecule has 0 bridgehead atoms. The molecule has 0 radical (unpaired) electrons. The van der Waals surface area contributed by atoms with Gasteiger partial charge in [-0.05, 0) is 72.6 Å². The number of rotatable bonds is 6. The Morgan fingerprint density at radius 1 is 1.22 bits per heavy atom. The van der Waals surface area contributed by atoms with E-state index in [-0.39, 0.29) is 22.8 Å². The summed E-state index contributed by atoms with van der Waals surface area (Å²) < 4.78 is 2.11. The number of hydrogen-bond acceptors (Lipinski definition) is 5. The molecule has 1 aliphatic heterocycles. The highest BCUT2D eigenvalue weighted by atomic mass is 32.1. The SMILES string of the molecule is C=CC(=O)N1CCC2(CC(Cn3c(NC(=O)c4ccc(-c5cc[nH]c(=O)c5)s4)nc4ccccc43)C2)C1. The van der Waals surface area contributed by atoms with E-state index < -0.39 is 0 Å². The molecule has 4 aromatic rings. The summed E-state index contributed by atoms with van der Waals surface area (Å²) in [6.45, 7) is 5.98. The first-order valence-electron chi connectivity index (χ1n) is 12.4. The molecule has 3 aromatic heterocycles. The average molecular weight is 514 g/mol. The second-order valence-corrected chi connectivity index (χ2v) is 11.2. The maximum atomic E-state index is 13.2. The number of amides is 2. The van der Waals surface area contributed by atoms with Crippen LogP contribution in [0.2, 0.25) is 0 Å². The van der Waals surface area contributed by atoms with Crippen LogP contribution in [0.3, 0.4) is 0 Å². The molecule has 4 heterocycles. The molecule has 37 heavy (non-hydrogen) atoms. The van der Waals surface area contributed by atoms with E-state index >= 15 is 0 Å². The van der Waals surface area contributed by atoms with E-state index in [0.29, 0.717) is 16.7 Å². The van der Waals surface area contributed by atoms with Crippen molar-refractivity contribution in [2.75, 3.05) is 18.4 Å². The van der Waals surface area contributed by atoms with Gasteiger partial charge in [0.05, 0.1) is 15.9 Å². The smallest absolute Gasteiger partial charge is 0.268 e. The van der Waals surface area contributed by atoms with E-state index in [9.17, 15) is 14.4 Å². The first-order valence-corrected chi connectivity index (χ1v) is 13.2. The Morgan fingerprint density at radius 2 is 2.05 bits per heavy atom. The van der Waals surface area contributed by atoms with E-state index in [0.717, 1.165) is 60.4 Å². The van der Waals surface area contributed by atoms with Crippen molar-refractivity contribution >= 4 is 40.1 Å². The van der Waals surface area contributed by atoms with E-state index in [4.69, 9.17) is 4.98 Å². The van der Waals surface area contributed by atoms with Crippen molar-refractivity contribution in [3.8, 4) is 10.4 Å². The van der Waals surface area contributed by atoms with Gasteiger partial charge in [0.25, 0.3) is 5.91 Å². The molecule has 1 aromatic carbocycles. The lowest BCUT2D eigenvalue weighted by Crippen LogP contribution is -2.42. The van der Waals surface area contributed by atoms with Crippen LogP contribution in [0.25, 0.3) is 21.5 Å². The van der Waals surface area contributed by atoms with Crippen LogP contribution >= 0.6 is 11.3 Å². The standard InChI is InChI=1S/C28H27N5O3S/c1-2-25(35)32-12-10-28(17-32)14-18(15-28)16-33-21-6-4-3-5-20(21)30-27(33)31-26(36)23-8-7-22(37-23)19-9-11-29-24(34)13-19/h2-9,11,13,18H,1,10,12,14-17H2,(H,29,34)(H,30,31,36). The zero-order valence-corrected chi connectivity index (χ0v) is 21.1. The Hall–Kier alpha value is -3.98. The number of carbonyl (C=O) groups is 2. The third-order valence-corrected chi connectivity index (χ3v) is 8.71. The van der Waals surface area contributed by atoms with Crippen molar-refractivity contribution in [2.45, 2.75) is 25.8 Å². The van der Waals surface area contributed by atoms with Gasteiger partial charge in [0, 0.05) is 36.8 Å². The van der Waals surface area contributed by atoms with E-state index in [1.807, 2.05) is 41.3 Å². The second-order valence-electron chi connectivity index (χ2n) is 10.1. The zero-order chi connectivity index (χ0) is 25.6. The van der Waals surface area contributed by atoms with Crippen LogP contribution in [0, 0.1) is 11.3 Å². The number of likely N-dealkylation sites (tertiary alicyclic amines) is 1. The Balaban J connectivity index is 1.19. The van der Waals surface area contributed by atoms with Gasteiger partial charge in [0.2, 0.25) is 17.4 Å². The number of aromatic amines is 1. The first kappa shape index (κ1) is 23.4. The minimum atomic E-state index is -0.225. The lowest BCUT2D eigenvalue weighted by atomic mass is 9.61. The van der Waals surface area contributed by atoms with Crippen molar-refractivity contribution < 1.29 is 9.59 Å². The molecule has 2 fully saturated rings. The number of hydrogen-bond donors (Lipinski definition) is 2. The fraction of sp³-hybridized carbons (Fsp3) is 0.286. The molecule has 1 spiro atoms. The Morgan fingerprint density at radius 3 is 2.86 bits per heavy atom. The summed E-state index contributed by atoms with van der Waals surface area (Å²) in [6.07, 6.45) is 6.14. The maximum Gasteiger partial charge on any atom is 0.268 e. The highest BCUT2D eigenvalue weighted by Crippen LogP contribution is 2.52. The summed E-state index contributed by atoms with van der Waals surface area (Å²) in [5.74, 6) is 0.781. The van der Waals surface area contributed by atoms with Crippen molar-refractivity contribution in [3.63, 3.8) is 0 Å². The Kier molecular flexibility index (Phi) is 5.79. The van der Waals surface area contributed by atoms with Gasteiger partial charge in [0.15, 0.2) is 0 Å². The first-order chi connectivity index (χ1) is 17.9. The van der Waals surface area contributed by atoms with Crippen LogP contribution in [-0.2, 0) is 11.3 Å². The largest absolute Gasteiger partial charge is 0.339 e. The molecule has 1 saturated heterocycles. The normalized spacial score (nSPS) is 20.8. The number of carbonyl (C=O) groups excluding carboxylic acids is 2. The molecular weight excluding hydrogens is 486 g/mol. The molecule has 1 aliphatic carbocycles. The Labute approximate surface area is 217 Å². The van der Waals surface area contributed by atoms with Crippen molar-refractivity contribution in [2.24, 2.45) is 11.3 Å². The lowest BCUT2D eigenvalue weighted by Gasteiger charge is -2.45. The van der Waals surface area contributed by atoms with Gasteiger partial charge < -0.3 is 14.5 Å². The molecule has 1 saturated carbocycles. The number of H-pyrrole nitrogens is 1. The lowest BCUT2D eigenvalue weighted by molar-refractivity contribution is -0.125. The van der Waals surface area contributed by atoms with Gasteiger partial charge in [-0.25, -0.2) is 4.98 Å². The average Bonchev–Trinajstić information content (AvgIpc) is 3.62. The van der Waals surface area contributed by atoms with Gasteiger partial charge >= 0.3 is 0 Å². The topological polar surface area (TPSA) is 100 Å². The molecule has 6 rings (SSSR count). The predicted octanol–water partition coefficient (Wildman–Crippen LogP) is 4.52. The predicted molar refractivity (Wildman–Crippen MR) is 145 cm³/mol. The molecule has 2 N–H and O–H groups in total. The van der Waals surface area contributed by atoms with Gasteiger partial charge in [-0.15, -0.1) is 11.3 Å². The quantitative estimate of drug-likeness (QED) is 0.370. The van der Waals surface area contributed by atoms with Gasteiger partial charge in [-0.3, -0.25) is 19.7 Å². The third-order valence-electron chi connectivity index (χ3n) is 7.58. The molecule has 2 aliphatic rings. The number of benzene rings is 1. The minimum Gasteiger partial charge on any atom is -0.339 e. The number of nitrogens with zero attached hydrogens (tertiary/aromatic N) is 3. The highest BCUT2D eigenvalue weighted by molar-refractivity contribution is 7.17. The number of anilines is 1. The second kappa shape index (κ2) is 9.15. The van der Waals surface area contributed by atoms with Gasteiger partial charge in [0.1, 0.15) is 0 Å². The molecule has 9 heteroatoms. The van der Waals surface area contributed by atoms with Gasteiger partial charge in [-0.1, -0.05) is 18.7 Å². The molecule has 0 atom stereocenters. The minimum absolute atomic E-state index is 0.0155. The number of nitrogens with one attached hydrogen (secondary N) is 2. The Bertz CT molecular complexity index is 1580. The van der Waals surface area contributed by atoms with Crippen LogP contribution < -0.4 is 10.9 Å². The van der Waals surface area contributed by atoms with E-state index in [2.05, 4.69) is 21.4 Å². The fourth-order valence-corrected chi connectivity index (χ4v) is 6.77. The van der Waals surface area contributed by atoms with Crippen LogP contribution in [0.5, 0.6) is 0 Å². The van der Waals surface area contributed by atoms with E-state index in [1.165, 1.54) is 23.5 Å². The number of fused-ring (bicyclic) bond motifs is 1. The summed E-state index contributed by atoms with van der Waals surface area (Å²) in [7, 11) is 0. The molecular formula is C28H27N5O3S. The number of para-hydroxylation sites is 2. The summed E-state index contributed by atoms with van der Waals surface area (Å²) in [5.41, 5.74) is 2.63. The number of thiophene rings is 1. The van der Waals surface area contributed by atoms with E-state index in [1.54, 1.807) is 12.3 Å². The molecule has 2 amide bonds. The summed E-state index contributed by atoms with van der Waals surface area (Å²) in [4.78, 5) is 47.5. The monoisotopic (exact) mass is 513 g/mol. The number of imidazole rings is 1. The number of aromatic nitrogens is 3. The van der Waals surface area contributed by atoms with Gasteiger partial charge in [-0.2, -0.15) is 0 Å². The van der Waals surface area contributed by atoms with Crippen LogP contribution in [0.4, 0.5) is 5.95 Å².